The van der Waals surface area contributed by atoms with Crippen LogP contribution in [-0.2, 0) is 0 Å². The van der Waals surface area contributed by atoms with E-state index in [4.69, 9.17) is 11.6 Å². The van der Waals surface area contributed by atoms with Crippen molar-refractivity contribution in [3.05, 3.63) is 81.9 Å². The average Bonchev–Trinajstić information content (AvgIpc) is 2.79. The Morgan fingerprint density at radius 2 is 1.62 bits per heavy atom. The third-order valence-electron chi connectivity index (χ3n) is 7.41. The molecule has 0 radical (unpaired) electrons. The molecule has 0 heterocycles. The molecule has 2 saturated carbocycles. The zero-order chi connectivity index (χ0) is 22.5. The van der Waals surface area contributed by atoms with E-state index in [9.17, 15) is 8.78 Å². The molecule has 2 aromatic carbocycles. The second-order valence-electron chi connectivity index (χ2n) is 9.47. The van der Waals surface area contributed by atoms with Gasteiger partial charge in [0.2, 0.25) is 0 Å². The van der Waals surface area contributed by atoms with Crippen molar-refractivity contribution in [1.82, 2.24) is 0 Å². The van der Waals surface area contributed by atoms with Crippen LogP contribution >= 0.6 is 11.6 Å². The molecular weight excluding hydrogens is 422 g/mol. The predicted molar refractivity (Wildman–Crippen MR) is 129 cm³/mol. The van der Waals surface area contributed by atoms with E-state index in [0.717, 1.165) is 30.2 Å². The molecule has 0 spiro atoms. The van der Waals surface area contributed by atoms with Crippen molar-refractivity contribution >= 4 is 11.6 Å². The summed E-state index contributed by atoms with van der Waals surface area (Å²) in [5.41, 5.74) is 1.32. The highest BCUT2D eigenvalue weighted by molar-refractivity contribution is 6.30. The van der Waals surface area contributed by atoms with Gasteiger partial charge in [-0.2, -0.15) is 0 Å². The third-order valence-corrected chi connectivity index (χ3v) is 7.66. The lowest BCUT2D eigenvalue weighted by Gasteiger charge is -2.42. The zero-order valence-electron chi connectivity index (χ0n) is 18.7. The minimum atomic E-state index is -0.559. The molecule has 2 aliphatic carbocycles. The van der Waals surface area contributed by atoms with Crippen LogP contribution in [0.25, 0.3) is 0 Å². The highest BCUT2D eigenvalue weighted by atomic mass is 35.5. The summed E-state index contributed by atoms with van der Waals surface area (Å²) in [7, 11) is 0. The molecule has 4 rings (SSSR count). The number of hydrogen-bond acceptors (Lipinski definition) is 0. The van der Waals surface area contributed by atoms with Crippen LogP contribution in [0, 0.1) is 41.2 Å². The van der Waals surface area contributed by atoms with Crippen LogP contribution in [0.4, 0.5) is 8.78 Å². The van der Waals surface area contributed by atoms with E-state index in [2.05, 4.69) is 30.9 Å². The van der Waals surface area contributed by atoms with Gasteiger partial charge >= 0.3 is 0 Å². The summed E-state index contributed by atoms with van der Waals surface area (Å²) in [4.78, 5) is 0. The lowest BCUT2D eigenvalue weighted by atomic mass is 9.63. The third kappa shape index (κ3) is 5.62. The van der Waals surface area contributed by atoms with Gasteiger partial charge in [-0.25, -0.2) is 8.78 Å². The Morgan fingerprint density at radius 1 is 0.938 bits per heavy atom. The van der Waals surface area contributed by atoms with Crippen molar-refractivity contribution in [2.24, 2.45) is 17.8 Å². The largest absolute Gasteiger partial charge is 0.206 e. The van der Waals surface area contributed by atoms with Gasteiger partial charge in [0.05, 0.1) is 5.56 Å². The Balaban J connectivity index is 1.42. The Kier molecular flexibility index (Phi) is 7.69. The first-order valence-corrected chi connectivity index (χ1v) is 12.3. The average molecular weight is 453 g/mol. The summed E-state index contributed by atoms with van der Waals surface area (Å²) >= 11 is 5.88. The van der Waals surface area contributed by atoms with E-state index >= 15 is 0 Å². The van der Waals surface area contributed by atoms with Gasteiger partial charge in [-0.1, -0.05) is 42.0 Å². The number of allylic oxidation sites excluding steroid dienone is 2. The van der Waals surface area contributed by atoms with Gasteiger partial charge in [0, 0.05) is 10.6 Å². The quantitative estimate of drug-likeness (QED) is 0.321. The SMILES string of the molecule is C/C=C/CCC1CCC2CC(c3cc(F)c(C#Cc4ccc(Cl)cc4)c(F)c3)CCC2C1. The first-order chi connectivity index (χ1) is 15.5. The van der Waals surface area contributed by atoms with Gasteiger partial charge in [-0.3, -0.25) is 0 Å². The number of fused-ring (bicyclic) bond motifs is 1. The van der Waals surface area contributed by atoms with Gasteiger partial charge in [-0.15, -0.1) is 0 Å². The van der Waals surface area contributed by atoms with Gasteiger partial charge in [0.25, 0.3) is 0 Å². The molecule has 2 aliphatic rings. The standard InChI is InChI=1S/C29H31ClF2/c1-2-3-4-5-21-6-10-23-17-24(12-11-22(23)16-21)25-18-28(31)27(29(32)19-25)15-9-20-7-13-26(30)14-8-20/h2-3,7-8,13-14,18-19,21-24H,4-6,10-12,16-17H2,1H3/b3-2+. The Labute approximate surface area is 196 Å². The maximum atomic E-state index is 14.8. The Bertz CT molecular complexity index is 989. The molecule has 0 amide bonds. The molecule has 0 saturated heterocycles. The molecule has 0 aromatic heterocycles. The molecule has 32 heavy (non-hydrogen) atoms. The second kappa shape index (κ2) is 10.7. The summed E-state index contributed by atoms with van der Waals surface area (Å²) < 4.78 is 29.6. The first kappa shape index (κ1) is 23.1. The number of hydrogen-bond donors (Lipinski definition) is 0. The van der Waals surface area contributed by atoms with E-state index in [1.807, 2.05) is 0 Å². The highest BCUT2D eigenvalue weighted by Crippen LogP contribution is 2.48. The molecule has 0 aliphatic heterocycles. The maximum Gasteiger partial charge on any atom is 0.142 e. The maximum absolute atomic E-state index is 14.8. The lowest BCUT2D eigenvalue weighted by Crippen LogP contribution is -2.30. The molecule has 2 fully saturated rings. The summed E-state index contributed by atoms with van der Waals surface area (Å²) in [6.07, 6.45) is 14.1. The fraction of sp³-hybridized carbons (Fsp3) is 0.448. The van der Waals surface area contributed by atoms with Crippen molar-refractivity contribution in [3.63, 3.8) is 0 Å². The lowest BCUT2D eigenvalue weighted by molar-refractivity contribution is 0.115. The normalized spacial score (nSPS) is 25.2. The van der Waals surface area contributed by atoms with Crippen molar-refractivity contribution in [3.8, 4) is 11.8 Å². The van der Waals surface area contributed by atoms with Crippen molar-refractivity contribution in [2.45, 2.75) is 64.2 Å². The molecule has 0 bridgehead atoms. The van der Waals surface area contributed by atoms with Crippen LogP contribution < -0.4 is 0 Å². The number of halogens is 3. The van der Waals surface area contributed by atoms with Gasteiger partial charge in [0.1, 0.15) is 11.6 Å². The summed E-state index contributed by atoms with van der Waals surface area (Å²) in [5, 5.41) is 0.606. The molecule has 4 unspecified atom stereocenters. The van der Waals surface area contributed by atoms with Crippen molar-refractivity contribution < 1.29 is 8.78 Å². The topological polar surface area (TPSA) is 0 Å². The van der Waals surface area contributed by atoms with E-state index in [0.29, 0.717) is 16.5 Å². The smallest absolute Gasteiger partial charge is 0.142 e. The van der Waals surface area contributed by atoms with E-state index in [1.54, 1.807) is 24.3 Å². The minimum Gasteiger partial charge on any atom is -0.206 e. The molecule has 0 nitrogen and oxygen atoms in total. The van der Waals surface area contributed by atoms with Crippen LogP contribution in [0.2, 0.25) is 5.02 Å². The fourth-order valence-electron chi connectivity index (χ4n) is 5.67. The zero-order valence-corrected chi connectivity index (χ0v) is 19.5. The van der Waals surface area contributed by atoms with E-state index < -0.39 is 11.6 Å². The van der Waals surface area contributed by atoms with Crippen LogP contribution in [0.15, 0.2) is 48.6 Å². The van der Waals surface area contributed by atoms with Crippen molar-refractivity contribution in [2.75, 3.05) is 0 Å². The predicted octanol–water partition coefficient (Wildman–Crippen LogP) is 8.67. The van der Waals surface area contributed by atoms with Gasteiger partial charge in [-0.05, 0) is 118 Å². The Hall–Kier alpha value is -2.11. The van der Waals surface area contributed by atoms with Gasteiger partial charge < -0.3 is 0 Å². The first-order valence-electron chi connectivity index (χ1n) is 11.9. The minimum absolute atomic E-state index is 0.154. The van der Waals surface area contributed by atoms with Crippen LogP contribution in [0.3, 0.4) is 0 Å². The van der Waals surface area contributed by atoms with E-state index in [1.165, 1.54) is 50.7 Å². The number of rotatable bonds is 4. The van der Waals surface area contributed by atoms with Crippen LogP contribution in [-0.4, -0.2) is 0 Å². The van der Waals surface area contributed by atoms with E-state index in [-0.39, 0.29) is 11.5 Å². The molecule has 2 aromatic rings. The highest BCUT2D eigenvalue weighted by Gasteiger charge is 2.36. The molecule has 0 N–H and O–H groups in total. The molecule has 168 valence electrons. The molecule has 3 heteroatoms. The molecule has 4 atom stereocenters. The monoisotopic (exact) mass is 452 g/mol. The number of benzene rings is 2. The second-order valence-corrected chi connectivity index (χ2v) is 9.91. The van der Waals surface area contributed by atoms with Crippen LogP contribution in [0.5, 0.6) is 0 Å². The summed E-state index contributed by atoms with van der Waals surface area (Å²) in [6, 6.07) is 9.95. The van der Waals surface area contributed by atoms with Crippen molar-refractivity contribution in [1.29, 1.82) is 0 Å². The fourth-order valence-corrected chi connectivity index (χ4v) is 5.79. The van der Waals surface area contributed by atoms with Gasteiger partial charge in [0.15, 0.2) is 0 Å². The summed E-state index contributed by atoms with van der Waals surface area (Å²) in [5.74, 6) is 6.96. The summed E-state index contributed by atoms with van der Waals surface area (Å²) in [6.45, 7) is 2.09. The Morgan fingerprint density at radius 3 is 2.34 bits per heavy atom. The molecular formula is C29H31ClF2. The van der Waals surface area contributed by atoms with Crippen LogP contribution in [0.1, 0.15) is 80.9 Å².